The molecule has 1 atom stereocenters. The van der Waals surface area contributed by atoms with Crippen LogP contribution in [-0.4, -0.2) is 45.1 Å². The summed E-state index contributed by atoms with van der Waals surface area (Å²) in [6, 6.07) is 3.01. The van der Waals surface area contributed by atoms with Crippen LogP contribution in [0.3, 0.4) is 0 Å². The van der Waals surface area contributed by atoms with Crippen molar-refractivity contribution in [2.75, 3.05) is 11.4 Å². The van der Waals surface area contributed by atoms with E-state index in [4.69, 9.17) is 0 Å². The Hall–Kier alpha value is -1.38. The second kappa shape index (κ2) is 5.78. The number of pyridine rings is 1. The zero-order valence-electron chi connectivity index (χ0n) is 12.2. The Morgan fingerprint density at radius 1 is 1.48 bits per heavy atom. The summed E-state index contributed by atoms with van der Waals surface area (Å²) in [4.78, 5) is 31.1. The summed E-state index contributed by atoms with van der Waals surface area (Å²) in [5, 5.41) is 9.42. The first-order valence-corrected chi connectivity index (χ1v) is 7.75. The van der Waals surface area contributed by atoms with Gasteiger partial charge in [-0.1, -0.05) is 0 Å². The lowest BCUT2D eigenvalue weighted by Crippen LogP contribution is -2.54. The highest BCUT2D eigenvalue weighted by Gasteiger charge is 2.43. The van der Waals surface area contributed by atoms with Gasteiger partial charge in [-0.15, -0.1) is 0 Å². The van der Waals surface area contributed by atoms with Crippen molar-refractivity contribution in [1.82, 2.24) is 9.88 Å². The second-order valence-corrected chi connectivity index (χ2v) is 7.20. The van der Waals surface area contributed by atoms with E-state index in [9.17, 15) is 14.7 Å². The van der Waals surface area contributed by atoms with Crippen LogP contribution < -0.4 is 4.90 Å². The minimum atomic E-state index is -1.07. The lowest BCUT2D eigenvalue weighted by molar-refractivity contribution is -0.122. The molecule has 114 valence electrons. The van der Waals surface area contributed by atoms with Gasteiger partial charge in [0.1, 0.15) is 11.9 Å². The molecule has 2 heterocycles. The Bertz CT molecular complexity index is 554. The number of carbonyl (C=O) groups excluding carboxylic acids is 1. The molecule has 1 aliphatic heterocycles. The molecule has 1 N–H and O–H groups in total. The average molecular weight is 403 g/mol. The average Bonchev–Trinajstić information content (AvgIpc) is 2.71. The van der Waals surface area contributed by atoms with E-state index >= 15 is 0 Å². The molecule has 0 radical (unpaired) electrons. The first kappa shape index (κ1) is 16.0. The number of anilines is 1. The SMILES string of the molecule is CC(C)(C)N(C(=O)O)[C@H]1CCN(c2ccc(I)cn2)C1=O. The molecule has 0 saturated carbocycles. The Balaban J connectivity index is 2.25. The highest BCUT2D eigenvalue weighted by Crippen LogP contribution is 2.27. The molecule has 0 bridgehead atoms. The maximum atomic E-state index is 12.6. The number of hydrogen-bond donors (Lipinski definition) is 1. The number of aromatic nitrogens is 1. The first-order valence-electron chi connectivity index (χ1n) is 6.67. The summed E-state index contributed by atoms with van der Waals surface area (Å²) < 4.78 is 0.987. The van der Waals surface area contributed by atoms with Gasteiger partial charge in [0.2, 0.25) is 0 Å². The molecule has 0 unspecified atom stereocenters. The third kappa shape index (κ3) is 3.28. The summed E-state index contributed by atoms with van der Waals surface area (Å²) >= 11 is 2.15. The van der Waals surface area contributed by atoms with Gasteiger partial charge in [0, 0.05) is 21.9 Å². The van der Waals surface area contributed by atoms with Crippen molar-refractivity contribution in [3.8, 4) is 0 Å². The van der Waals surface area contributed by atoms with Gasteiger partial charge in [-0.2, -0.15) is 0 Å². The van der Waals surface area contributed by atoms with Crippen LogP contribution in [0.15, 0.2) is 18.3 Å². The fourth-order valence-electron chi connectivity index (χ4n) is 2.55. The highest BCUT2D eigenvalue weighted by atomic mass is 127. The van der Waals surface area contributed by atoms with Crippen molar-refractivity contribution < 1.29 is 14.7 Å². The maximum Gasteiger partial charge on any atom is 0.408 e. The third-order valence-electron chi connectivity index (χ3n) is 3.41. The van der Waals surface area contributed by atoms with Crippen molar-refractivity contribution in [3.63, 3.8) is 0 Å². The standard InChI is InChI=1S/C14H18IN3O3/c1-14(2,3)18(13(20)21)10-6-7-17(12(10)19)11-5-4-9(15)8-16-11/h4-5,8,10H,6-7H2,1-3H3,(H,20,21)/t10-/m0/s1. The van der Waals surface area contributed by atoms with Gasteiger partial charge < -0.3 is 5.11 Å². The molecule has 7 heteroatoms. The summed E-state index contributed by atoms with van der Waals surface area (Å²) in [7, 11) is 0. The van der Waals surface area contributed by atoms with E-state index in [0.717, 1.165) is 3.57 Å². The molecule has 1 aliphatic rings. The molecule has 1 aromatic rings. The van der Waals surface area contributed by atoms with Crippen molar-refractivity contribution >= 4 is 40.4 Å². The molecule has 2 amide bonds. The number of hydrogen-bond acceptors (Lipinski definition) is 3. The summed E-state index contributed by atoms with van der Waals surface area (Å²) in [5.74, 6) is 0.364. The normalized spacial score (nSPS) is 19.0. The Kier molecular flexibility index (Phi) is 4.40. The van der Waals surface area contributed by atoms with Gasteiger partial charge >= 0.3 is 6.09 Å². The second-order valence-electron chi connectivity index (χ2n) is 5.95. The van der Waals surface area contributed by atoms with Gasteiger partial charge in [-0.3, -0.25) is 14.6 Å². The van der Waals surface area contributed by atoms with Crippen LogP contribution in [0.4, 0.5) is 10.6 Å². The van der Waals surface area contributed by atoms with Crippen LogP contribution >= 0.6 is 22.6 Å². The fourth-order valence-corrected chi connectivity index (χ4v) is 2.87. The lowest BCUT2D eigenvalue weighted by Gasteiger charge is -2.36. The minimum Gasteiger partial charge on any atom is -0.465 e. The van der Waals surface area contributed by atoms with E-state index in [1.165, 1.54) is 4.90 Å². The largest absolute Gasteiger partial charge is 0.465 e. The smallest absolute Gasteiger partial charge is 0.408 e. The molecule has 2 rings (SSSR count). The Morgan fingerprint density at radius 2 is 2.14 bits per heavy atom. The van der Waals surface area contributed by atoms with Gasteiger partial charge in [-0.05, 0) is 61.9 Å². The van der Waals surface area contributed by atoms with Gasteiger partial charge in [-0.25, -0.2) is 9.78 Å². The van der Waals surface area contributed by atoms with Crippen molar-refractivity contribution in [3.05, 3.63) is 21.9 Å². The topological polar surface area (TPSA) is 73.7 Å². The van der Waals surface area contributed by atoms with E-state index in [1.54, 1.807) is 37.9 Å². The van der Waals surface area contributed by atoms with E-state index in [2.05, 4.69) is 27.6 Å². The molecule has 1 aromatic heterocycles. The predicted octanol–water partition coefficient (Wildman–Crippen LogP) is 2.57. The van der Waals surface area contributed by atoms with Crippen LogP contribution in [0, 0.1) is 3.57 Å². The molecule has 0 spiro atoms. The molecule has 1 saturated heterocycles. The van der Waals surface area contributed by atoms with Crippen LogP contribution in [-0.2, 0) is 4.79 Å². The monoisotopic (exact) mass is 403 g/mol. The Labute approximate surface area is 137 Å². The van der Waals surface area contributed by atoms with Crippen LogP contribution in [0.1, 0.15) is 27.2 Å². The van der Waals surface area contributed by atoms with Gasteiger partial charge in [0.25, 0.3) is 5.91 Å². The third-order valence-corrected chi connectivity index (χ3v) is 4.04. The van der Waals surface area contributed by atoms with Crippen LogP contribution in [0.2, 0.25) is 0 Å². The van der Waals surface area contributed by atoms with Gasteiger partial charge in [0.05, 0.1) is 0 Å². The molecule has 0 aromatic carbocycles. The first-order chi connectivity index (χ1) is 9.71. The number of carbonyl (C=O) groups is 2. The van der Waals surface area contributed by atoms with Crippen molar-refractivity contribution in [2.45, 2.75) is 38.8 Å². The molecule has 0 aliphatic carbocycles. The Morgan fingerprint density at radius 3 is 2.62 bits per heavy atom. The molecule has 21 heavy (non-hydrogen) atoms. The zero-order chi connectivity index (χ0) is 15.8. The molecule has 6 nitrogen and oxygen atoms in total. The quantitative estimate of drug-likeness (QED) is 0.771. The van der Waals surface area contributed by atoms with Gasteiger partial charge in [0.15, 0.2) is 0 Å². The molecule has 1 fully saturated rings. The number of rotatable bonds is 2. The van der Waals surface area contributed by atoms with E-state index in [-0.39, 0.29) is 5.91 Å². The van der Waals surface area contributed by atoms with Crippen LogP contribution in [0.25, 0.3) is 0 Å². The minimum absolute atomic E-state index is 0.207. The maximum absolute atomic E-state index is 12.6. The zero-order valence-corrected chi connectivity index (χ0v) is 14.4. The summed E-state index contributed by atoms with van der Waals surface area (Å²) in [6.45, 7) is 5.86. The van der Waals surface area contributed by atoms with Crippen molar-refractivity contribution in [1.29, 1.82) is 0 Å². The number of carboxylic acid groups (broad SMARTS) is 1. The highest BCUT2D eigenvalue weighted by molar-refractivity contribution is 14.1. The van der Waals surface area contributed by atoms with E-state index < -0.39 is 17.7 Å². The molecular weight excluding hydrogens is 385 g/mol. The molecular formula is C14H18IN3O3. The van der Waals surface area contributed by atoms with Crippen molar-refractivity contribution in [2.24, 2.45) is 0 Å². The van der Waals surface area contributed by atoms with E-state index in [1.807, 2.05) is 6.07 Å². The number of nitrogens with zero attached hydrogens (tertiary/aromatic N) is 3. The predicted molar refractivity (Wildman–Crippen MR) is 87.3 cm³/mol. The van der Waals surface area contributed by atoms with E-state index in [0.29, 0.717) is 18.8 Å². The number of amides is 2. The summed E-state index contributed by atoms with van der Waals surface area (Å²) in [5.41, 5.74) is -0.623. The van der Waals surface area contributed by atoms with Crippen LogP contribution in [0.5, 0.6) is 0 Å². The fraction of sp³-hybridized carbons (Fsp3) is 0.500. The summed E-state index contributed by atoms with van der Waals surface area (Å²) in [6.07, 6.45) is 1.10. The lowest BCUT2D eigenvalue weighted by atomic mass is 10.0. The number of halogens is 1.